The van der Waals surface area contributed by atoms with Gasteiger partial charge in [-0.2, -0.15) is 0 Å². The molecule has 0 aliphatic rings. The Labute approximate surface area is 87.7 Å². The fourth-order valence-corrected chi connectivity index (χ4v) is 1.91. The Balaban J connectivity index is 2.55. The van der Waals surface area contributed by atoms with E-state index in [-0.39, 0.29) is 5.91 Å². The first-order valence-corrected chi connectivity index (χ1v) is 5.55. The van der Waals surface area contributed by atoms with Gasteiger partial charge in [-0.15, -0.1) is 10.2 Å². The van der Waals surface area contributed by atoms with Crippen molar-refractivity contribution in [3.63, 3.8) is 0 Å². The number of rotatable bonds is 4. The lowest BCUT2D eigenvalue weighted by atomic mass is 10.1. The predicted molar refractivity (Wildman–Crippen MR) is 57.4 cm³/mol. The van der Waals surface area contributed by atoms with E-state index in [1.165, 1.54) is 11.3 Å². The molecule has 0 fully saturated rings. The first-order chi connectivity index (χ1) is 6.61. The number of carbonyl (C=O) groups is 1. The van der Waals surface area contributed by atoms with E-state index in [0.29, 0.717) is 17.5 Å². The number of anilines is 1. The normalized spacial score (nSPS) is 10.6. The molecule has 5 heteroatoms. The number of nitrogens with zero attached hydrogens (tertiary/aromatic N) is 2. The quantitative estimate of drug-likeness (QED) is 0.833. The molecule has 0 aliphatic heterocycles. The maximum absolute atomic E-state index is 11.0. The smallest absolute Gasteiger partial charge is 0.225 e. The Kier molecular flexibility index (Phi) is 4.00. The SMILES string of the molecule is CCC(=O)Nc1nnc(CC(C)C)s1. The van der Waals surface area contributed by atoms with Crippen LogP contribution in [-0.2, 0) is 11.2 Å². The van der Waals surface area contributed by atoms with Crippen LogP contribution >= 0.6 is 11.3 Å². The Morgan fingerprint density at radius 1 is 1.50 bits per heavy atom. The maximum atomic E-state index is 11.0. The van der Waals surface area contributed by atoms with Gasteiger partial charge in [0.1, 0.15) is 5.01 Å². The molecule has 1 rings (SSSR count). The van der Waals surface area contributed by atoms with Gasteiger partial charge in [0.25, 0.3) is 0 Å². The van der Waals surface area contributed by atoms with Crippen LogP contribution in [0.5, 0.6) is 0 Å². The lowest BCUT2D eigenvalue weighted by Crippen LogP contribution is -2.08. The van der Waals surface area contributed by atoms with Gasteiger partial charge >= 0.3 is 0 Å². The van der Waals surface area contributed by atoms with E-state index in [2.05, 4.69) is 29.4 Å². The van der Waals surface area contributed by atoms with Gasteiger partial charge in [0.2, 0.25) is 11.0 Å². The number of amides is 1. The summed E-state index contributed by atoms with van der Waals surface area (Å²) < 4.78 is 0. The predicted octanol–water partition coefficient (Wildman–Crippen LogP) is 2.09. The van der Waals surface area contributed by atoms with Crippen molar-refractivity contribution in [3.05, 3.63) is 5.01 Å². The molecule has 0 unspecified atom stereocenters. The number of carbonyl (C=O) groups excluding carboxylic acids is 1. The Bertz CT molecular complexity index is 309. The van der Waals surface area contributed by atoms with Gasteiger partial charge in [-0.25, -0.2) is 0 Å². The van der Waals surface area contributed by atoms with Crippen LogP contribution in [0, 0.1) is 5.92 Å². The van der Waals surface area contributed by atoms with Gasteiger partial charge < -0.3 is 5.32 Å². The van der Waals surface area contributed by atoms with Crippen molar-refractivity contribution in [2.24, 2.45) is 5.92 Å². The topological polar surface area (TPSA) is 54.9 Å². The molecule has 1 aromatic rings. The third-order valence-electron chi connectivity index (χ3n) is 1.62. The standard InChI is InChI=1S/C9H15N3OS/c1-4-7(13)10-9-12-11-8(14-9)5-6(2)3/h6H,4-5H2,1-3H3,(H,10,12,13). The lowest BCUT2D eigenvalue weighted by molar-refractivity contribution is -0.115. The zero-order valence-corrected chi connectivity index (χ0v) is 9.52. The van der Waals surface area contributed by atoms with Crippen LogP contribution in [0.3, 0.4) is 0 Å². The van der Waals surface area contributed by atoms with Gasteiger partial charge in [0, 0.05) is 12.8 Å². The number of nitrogens with one attached hydrogen (secondary N) is 1. The van der Waals surface area contributed by atoms with Gasteiger partial charge in [0.05, 0.1) is 0 Å². The average molecular weight is 213 g/mol. The third kappa shape index (κ3) is 3.41. The van der Waals surface area contributed by atoms with E-state index in [9.17, 15) is 4.79 Å². The monoisotopic (exact) mass is 213 g/mol. The van der Waals surface area contributed by atoms with Gasteiger partial charge in [-0.1, -0.05) is 32.1 Å². The fraction of sp³-hybridized carbons (Fsp3) is 0.667. The summed E-state index contributed by atoms with van der Waals surface area (Å²) in [6.45, 7) is 6.07. The summed E-state index contributed by atoms with van der Waals surface area (Å²) in [7, 11) is 0. The molecule has 0 spiro atoms. The Morgan fingerprint density at radius 2 is 2.21 bits per heavy atom. The largest absolute Gasteiger partial charge is 0.301 e. The molecule has 0 aliphatic carbocycles. The Morgan fingerprint density at radius 3 is 2.79 bits per heavy atom. The first kappa shape index (κ1) is 11.1. The van der Waals surface area contributed by atoms with E-state index in [0.717, 1.165) is 11.4 Å². The summed E-state index contributed by atoms with van der Waals surface area (Å²) in [5, 5.41) is 12.2. The van der Waals surface area contributed by atoms with Crippen LogP contribution in [-0.4, -0.2) is 16.1 Å². The minimum atomic E-state index is -0.0164. The van der Waals surface area contributed by atoms with E-state index in [4.69, 9.17) is 0 Å². The van der Waals surface area contributed by atoms with Crippen LogP contribution in [0.1, 0.15) is 32.2 Å². The Hall–Kier alpha value is -0.970. The van der Waals surface area contributed by atoms with E-state index >= 15 is 0 Å². The second-order valence-corrected chi connectivity index (χ2v) is 4.56. The molecule has 1 aromatic heterocycles. The molecule has 14 heavy (non-hydrogen) atoms. The summed E-state index contributed by atoms with van der Waals surface area (Å²) in [4.78, 5) is 11.0. The molecule has 78 valence electrons. The molecule has 4 nitrogen and oxygen atoms in total. The van der Waals surface area contributed by atoms with Gasteiger partial charge in [0.15, 0.2) is 0 Å². The molecule has 0 bridgehead atoms. The lowest BCUT2D eigenvalue weighted by Gasteiger charge is -1.97. The van der Waals surface area contributed by atoms with Gasteiger partial charge in [-0.3, -0.25) is 4.79 Å². The van der Waals surface area contributed by atoms with Crippen molar-refractivity contribution < 1.29 is 4.79 Å². The molecule has 1 N–H and O–H groups in total. The summed E-state index contributed by atoms with van der Waals surface area (Å²) in [5.74, 6) is 0.551. The van der Waals surface area contributed by atoms with Crippen molar-refractivity contribution in [1.82, 2.24) is 10.2 Å². The van der Waals surface area contributed by atoms with E-state index < -0.39 is 0 Å². The van der Waals surface area contributed by atoms with Crippen molar-refractivity contribution in [2.45, 2.75) is 33.6 Å². The summed E-state index contributed by atoms with van der Waals surface area (Å²) in [6.07, 6.45) is 1.39. The van der Waals surface area contributed by atoms with Crippen molar-refractivity contribution >= 4 is 22.4 Å². The molecule has 0 saturated carbocycles. The summed E-state index contributed by atoms with van der Waals surface area (Å²) >= 11 is 1.45. The van der Waals surface area contributed by atoms with E-state index in [1.54, 1.807) is 0 Å². The first-order valence-electron chi connectivity index (χ1n) is 4.74. The third-order valence-corrected chi connectivity index (χ3v) is 2.48. The zero-order valence-electron chi connectivity index (χ0n) is 8.70. The number of hydrogen-bond acceptors (Lipinski definition) is 4. The van der Waals surface area contributed by atoms with Crippen LogP contribution in [0.15, 0.2) is 0 Å². The highest BCUT2D eigenvalue weighted by Crippen LogP contribution is 2.18. The van der Waals surface area contributed by atoms with Crippen LogP contribution in [0.25, 0.3) is 0 Å². The van der Waals surface area contributed by atoms with E-state index in [1.807, 2.05) is 6.92 Å². The average Bonchev–Trinajstić information content (AvgIpc) is 2.51. The van der Waals surface area contributed by atoms with Crippen molar-refractivity contribution in [2.75, 3.05) is 5.32 Å². The summed E-state index contributed by atoms with van der Waals surface area (Å²) in [5.41, 5.74) is 0. The number of aromatic nitrogens is 2. The molecule has 0 saturated heterocycles. The van der Waals surface area contributed by atoms with Crippen LogP contribution in [0.4, 0.5) is 5.13 Å². The molecular formula is C9H15N3OS. The second-order valence-electron chi connectivity index (χ2n) is 3.50. The van der Waals surface area contributed by atoms with Gasteiger partial charge in [-0.05, 0) is 5.92 Å². The fourth-order valence-electron chi connectivity index (χ4n) is 0.944. The van der Waals surface area contributed by atoms with Crippen molar-refractivity contribution in [3.8, 4) is 0 Å². The minimum absolute atomic E-state index is 0.0164. The zero-order chi connectivity index (χ0) is 10.6. The molecule has 1 amide bonds. The summed E-state index contributed by atoms with van der Waals surface area (Å²) in [6, 6.07) is 0. The number of hydrogen-bond donors (Lipinski definition) is 1. The highest BCUT2D eigenvalue weighted by Gasteiger charge is 2.07. The second kappa shape index (κ2) is 5.05. The van der Waals surface area contributed by atoms with Crippen LogP contribution in [0.2, 0.25) is 0 Å². The molecule has 0 aromatic carbocycles. The molecule has 0 radical (unpaired) electrons. The maximum Gasteiger partial charge on any atom is 0.225 e. The van der Waals surface area contributed by atoms with Crippen LogP contribution < -0.4 is 5.32 Å². The van der Waals surface area contributed by atoms with Crippen molar-refractivity contribution in [1.29, 1.82) is 0 Å². The molecule has 1 heterocycles. The molecular weight excluding hydrogens is 198 g/mol. The molecule has 0 atom stereocenters. The highest BCUT2D eigenvalue weighted by molar-refractivity contribution is 7.15. The highest BCUT2D eigenvalue weighted by atomic mass is 32.1. The minimum Gasteiger partial charge on any atom is -0.301 e.